The number of carbonyl (C=O) groups is 3. The van der Waals surface area contributed by atoms with E-state index in [0.717, 1.165) is 0 Å². The summed E-state index contributed by atoms with van der Waals surface area (Å²) in [6, 6.07) is 20.2. The van der Waals surface area contributed by atoms with E-state index in [0.29, 0.717) is 5.69 Å². The van der Waals surface area contributed by atoms with Crippen molar-refractivity contribution in [3.8, 4) is 0 Å². The van der Waals surface area contributed by atoms with Crippen molar-refractivity contribution in [1.29, 1.82) is 0 Å². The number of carbonyl (C=O) groups excluding carboxylic acids is 3. The fraction of sp³-hybridized carbons (Fsp3) is 0.0870. The van der Waals surface area contributed by atoms with Crippen LogP contribution in [-0.4, -0.2) is 32.7 Å². The molecule has 3 amide bonds. The lowest BCUT2D eigenvalue weighted by Gasteiger charge is -2.12. The Labute approximate surface area is 191 Å². The lowest BCUT2D eigenvalue weighted by Crippen LogP contribution is -2.28. The van der Waals surface area contributed by atoms with Crippen LogP contribution < -0.4 is 21.1 Å². The van der Waals surface area contributed by atoms with E-state index in [1.807, 2.05) is 0 Å². The summed E-state index contributed by atoms with van der Waals surface area (Å²) >= 11 is 0. The Morgan fingerprint density at radius 1 is 0.788 bits per heavy atom. The van der Waals surface area contributed by atoms with E-state index in [-0.39, 0.29) is 34.7 Å². The second-order valence-electron chi connectivity index (χ2n) is 6.97. The van der Waals surface area contributed by atoms with Gasteiger partial charge in [-0.3, -0.25) is 19.1 Å². The van der Waals surface area contributed by atoms with Gasteiger partial charge in [-0.2, -0.15) is 0 Å². The maximum Gasteiger partial charge on any atom is 0.261 e. The predicted molar refractivity (Wildman–Crippen MR) is 124 cm³/mol. The van der Waals surface area contributed by atoms with Crippen molar-refractivity contribution >= 4 is 39.1 Å². The number of para-hydroxylation sites is 1. The van der Waals surface area contributed by atoms with Crippen LogP contribution in [0.1, 0.15) is 27.1 Å². The number of nitrogens with two attached hydrogens (primary N) is 1. The van der Waals surface area contributed by atoms with Gasteiger partial charge in [-0.25, -0.2) is 8.42 Å². The minimum atomic E-state index is -3.75. The average Bonchev–Trinajstić information content (AvgIpc) is 2.80. The van der Waals surface area contributed by atoms with Gasteiger partial charge in [0.05, 0.1) is 16.1 Å². The molecule has 3 aromatic carbocycles. The highest BCUT2D eigenvalue weighted by molar-refractivity contribution is 7.92. The van der Waals surface area contributed by atoms with Crippen LogP contribution in [0.4, 0.5) is 11.4 Å². The second kappa shape index (κ2) is 10.4. The normalized spacial score (nSPS) is 10.8. The van der Waals surface area contributed by atoms with Crippen molar-refractivity contribution in [2.75, 3.05) is 16.6 Å². The van der Waals surface area contributed by atoms with Crippen LogP contribution >= 0.6 is 0 Å². The van der Waals surface area contributed by atoms with E-state index in [9.17, 15) is 22.8 Å². The topological polar surface area (TPSA) is 147 Å². The van der Waals surface area contributed by atoms with Gasteiger partial charge in [0.2, 0.25) is 5.91 Å². The summed E-state index contributed by atoms with van der Waals surface area (Å²) in [6.45, 7) is 0.0802. The Morgan fingerprint density at radius 2 is 1.42 bits per heavy atom. The highest BCUT2D eigenvalue weighted by Crippen LogP contribution is 2.19. The van der Waals surface area contributed by atoms with Gasteiger partial charge in [0.15, 0.2) is 0 Å². The molecule has 0 aliphatic rings. The Balaban J connectivity index is 1.68. The van der Waals surface area contributed by atoms with Crippen molar-refractivity contribution in [2.24, 2.45) is 5.73 Å². The van der Waals surface area contributed by atoms with Gasteiger partial charge >= 0.3 is 0 Å². The number of rotatable bonds is 9. The van der Waals surface area contributed by atoms with Crippen molar-refractivity contribution in [1.82, 2.24) is 5.32 Å². The average molecular weight is 467 g/mol. The largest absolute Gasteiger partial charge is 0.370 e. The number of hydrogen-bond acceptors (Lipinski definition) is 5. The molecule has 0 radical (unpaired) electrons. The zero-order valence-electron chi connectivity index (χ0n) is 17.4. The number of nitrogens with one attached hydrogen (secondary N) is 3. The number of benzene rings is 3. The van der Waals surface area contributed by atoms with Crippen LogP contribution in [0.25, 0.3) is 0 Å². The molecule has 0 saturated carbocycles. The molecule has 33 heavy (non-hydrogen) atoms. The molecular formula is C23H22N4O5S. The third-order valence-corrected chi connectivity index (χ3v) is 5.93. The molecule has 0 spiro atoms. The molecule has 0 atom stereocenters. The molecule has 170 valence electrons. The first-order valence-electron chi connectivity index (χ1n) is 9.91. The van der Waals surface area contributed by atoms with Gasteiger partial charge in [0.1, 0.15) is 0 Å². The summed E-state index contributed by atoms with van der Waals surface area (Å²) in [4.78, 5) is 36.0. The van der Waals surface area contributed by atoms with Gasteiger partial charge < -0.3 is 16.4 Å². The van der Waals surface area contributed by atoms with E-state index >= 15 is 0 Å². The predicted octanol–water partition coefficient (Wildman–Crippen LogP) is 2.34. The van der Waals surface area contributed by atoms with E-state index in [1.165, 1.54) is 42.5 Å². The zero-order valence-corrected chi connectivity index (χ0v) is 18.3. The molecule has 9 nitrogen and oxygen atoms in total. The number of sulfonamides is 1. The van der Waals surface area contributed by atoms with Crippen molar-refractivity contribution in [3.63, 3.8) is 0 Å². The van der Waals surface area contributed by atoms with Crippen molar-refractivity contribution < 1.29 is 22.8 Å². The Kier molecular flexibility index (Phi) is 7.42. The highest BCUT2D eigenvalue weighted by atomic mass is 32.2. The number of anilines is 2. The highest BCUT2D eigenvalue weighted by Gasteiger charge is 2.16. The van der Waals surface area contributed by atoms with Crippen LogP contribution in [-0.2, 0) is 14.8 Å². The maximum atomic E-state index is 12.7. The number of amides is 3. The third-order valence-electron chi connectivity index (χ3n) is 4.53. The Morgan fingerprint density at radius 3 is 2.09 bits per heavy atom. The molecule has 5 N–H and O–H groups in total. The molecule has 0 bridgehead atoms. The first-order chi connectivity index (χ1) is 15.8. The van der Waals surface area contributed by atoms with Crippen molar-refractivity contribution in [3.05, 3.63) is 90.0 Å². The summed E-state index contributed by atoms with van der Waals surface area (Å²) in [7, 11) is -3.75. The van der Waals surface area contributed by atoms with E-state index in [1.54, 1.807) is 36.4 Å². The number of primary amides is 1. The second-order valence-corrected chi connectivity index (χ2v) is 8.65. The summed E-state index contributed by atoms with van der Waals surface area (Å²) in [5.41, 5.74) is 6.14. The molecule has 0 aromatic heterocycles. The molecule has 3 aromatic rings. The van der Waals surface area contributed by atoms with E-state index in [4.69, 9.17) is 5.73 Å². The Hall–Kier alpha value is -4.18. The SMILES string of the molecule is NC(=O)CCNC(=O)c1ccccc1NC(=O)c1ccc(NS(=O)(=O)c2ccccc2)cc1. The standard InChI is InChI=1S/C23H22N4O5S/c24-21(28)14-15-25-23(30)19-8-4-5-9-20(19)26-22(29)16-10-12-17(13-11-16)27-33(31,32)18-6-2-1-3-7-18/h1-13,27H,14-15H2,(H2,24,28)(H,25,30)(H,26,29). The zero-order chi connectivity index (χ0) is 23.8. The molecule has 10 heteroatoms. The summed E-state index contributed by atoms with van der Waals surface area (Å²) in [5, 5.41) is 5.24. The molecule has 0 aliphatic carbocycles. The van der Waals surface area contributed by atoms with Crippen LogP contribution in [0.15, 0.2) is 83.8 Å². The molecular weight excluding hydrogens is 444 g/mol. The van der Waals surface area contributed by atoms with E-state index in [2.05, 4.69) is 15.4 Å². The maximum absolute atomic E-state index is 12.7. The van der Waals surface area contributed by atoms with E-state index < -0.39 is 27.7 Å². The van der Waals surface area contributed by atoms with Gasteiger partial charge in [-0.05, 0) is 48.5 Å². The summed E-state index contributed by atoms with van der Waals surface area (Å²) in [5.74, 6) is -1.48. The van der Waals surface area contributed by atoms with Gasteiger partial charge in [0.25, 0.3) is 21.8 Å². The third kappa shape index (κ3) is 6.40. The summed E-state index contributed by atoms with van der Waals surface area (Å²) < 4.78 is 27.3. The van der Waals surface area contributed by atoms with Crippen LogP contribution in [0.2, 0.25) is 0 Å². The fourth-order valence-electron chi connectivity index (χ4n) is 2.88. The minimum absolute atomic E-state index is 0.000638. The van der Waals surface area contributed by atoms with Crippen molar-refractivity contribution in [2.45, 2.75) is 11.3 Å². The molecule has 0 unspecified atom stereocenters. The van der Waals surface area contributed by atoms with Crippen LogP contribution in [0, 0.1) is 0 Å². The molecule has 0 saturated heterocycles. The smallest absolute Gasteiger partial charge is 0.261 e. The van der Waals surface area contributed by atoms with Gasteiger partial charge in [-0.15, -0.1) is 0 Å². The molecule has 0 aliphatic heterocycles. The minimum Gasteiger partial charge on any atom is -0.370 e. The first kappa shape index (κ1) is 23.5. The van der Waals surface area contributed by atoms with Gasteiger partial charge in [0, 0.05) is 24.2 Å². The lowest BCUT2D eigenvalue weighted by molar-refractivity contribution is -0.117. The Bertz CT molecular complexity index is 1260. The quantitative estimate of drug-likeness (QED) is 0.382. The molecule has 0 heterocycles. The van der Waals surface area contributed by atoms with Crippen LogP contribution in [0.3, 0.4) is 0 Å². The fourth-order valence-corrected chi connectivity index (χ4v) is 3.96. The van der Waals surface area contributed by atoms with Gasteiger partial charge in [-0.1, -0.05) is 30.3 Å². The van der Waals surface area contributed by atoms with Crippen LogP contribution in [0.5, 0.6) is 0 Å². The molecule has 3 rings (SSSR count). The molecule has 0 fully saturated rings. The lowest BCUT2D eigenvalue weighted by atomic mass is 10.1. The monoisotopic (exact) mass is 466 g/mol. The first-order valence-corrected chi connectivity index (χ1v) is 11.4. The summed E-state index contributed by atoms with van der Waals surface area (Å²) in [6.07, 6.45) is 0.000638. The number of hydrogen-bond donors (Lipinski definition) is 4.